The van der Waals surface area contributed by atoms with Crippen molar-refractivity contribution in [2.45, 2.75) is 6.42 Å². The Morgan fingerprint density at radius 2 is 2.14 bits per heavy atom. The van der Waals surface area contributed by atoms with Gasteiger partial charge in [0.1, 0.15) is 17.4 Å². The summed E-state index contributed by atoms with van der Waals surface area (Å²) in [6, 6.07) is 17.0. The van der Waals surface area contributed by atoms with Crippen LogP contribution < -0.4 is 15.0 Å². The number of carbonyl (C=O) groups excluding carboxylic acids is 1. The van der Waals surface area contributed by atoms with Crippen molar-refractivity contribution in [2.24, 2.45) is 5.92 Å². The monoisotopic (exact) mass is 395 g/mol. The molecule has 0 saturated carbocycles. The van der Waals surface area contributed by atoms with Crippen molar-refractivity contribution in [2.75, 3.05) is 31.6 Å². The van der Waals surface area contributed by atoms with Crippen molar-refractivity contribution in [3.8, 4) is 11.8 Å². The van der Waals surface area contributed by atoms with Gasteiger partial charge in [-0.3, -0.25) is 4.79 Å². The maximum atomic E-state index is 12.4. The number of nitrogens with one attached hydrogen (secondary N) is 1. The van der Waals surface area contributed by atoms with Gasteiger partial charge in [-0.1, -0.05) is 23.7 Å². The first-order valence-electron chi connectivity index (χ1n) is 9.13. The van der Waals surface area contributed by atoms with Gasteiger partial charge < -0.3 is 15.0 Å². The average Bonchev–Trinajstić information content (AvgIpc) is 3.20. The van der Waals surface area contributed by atoms with Crippen LogP contribution in [0.5, 0.6) is 5.75 Å². The first-order chi connectivity index (χ1) is 13.6. The third-order valence-electron chi connectivity index (χ3n) is 4.80. The summed E-state index contributed by atoms with van der Waals surface area (Å²) in [5, 5.41) is 13.0. The maximum Gasteiger partial charge on any atom is 0.261 e. The second-order valence-electron chi connectivity index (χ2n) is 6.73. The average molecular weight is 396 g/mol. The summed E-state index contributed by atoms with van der Waals surface area (Å²) < 4.78 is 5.17. The molecule has 0 aliphatic carbocycles. The van der Waals surface area contributed by atoms with Crippen LogP contribution >= 0.6 is 11.6 Å². The lowest BCUT2D eigenvalue weighted by Crippen LogP contribution is -2.31. The number of halogens is 1. The van der Waals surface area contributed by atoms with Crippen molar-refractivity contribution in [3.63, 3.8) is 0 Å². The van der Waals surface area contributed by atoms with E-state index in [0.29, 0.717) is 18.2 Å². The molecule has 2 aromatic carbocycles. The highest BCUT2D eigenvalue weighted by atomic mass is 35.5. The Kier molecular flexibility index (Phi) is 6.57. The molecule has 0 bridgehead atoms. The number of rotatable bonds is 6. The third kappa shape index (κ3) is 5.05. The predicted molar refractivity (Wildman–Crippen MR) is 111 cm³/mol. The molecule has 6 heteroatoms. The molecule has 1 heterocycles. The second-order valence-corrected chi connectivity index (χ2v) is 7.17. The van der Waals surface area contributed by atoms with Crippen LogP contribution in [-0.2, 0) is 4.79 Å². The number of carbonyl (C=O) groups is 1. The molecule has 1 fully saturated rings. The largest absolute Gasteiger partial charge is 0.497 e. The predicted octanol–water partition coefficient (Wildman–Crippen LogP) is 3.90. The van der Waals surface area contributed by atoms with Crippen molar-refractivity contribution in [3.05, 3.63) is 64.7 Å². The molecule has 1 amide bonds. The van der Waals surface area contributed by atoms with Crippen molar-refractivity contribution in [1.82, 2.24) is 5.32 Å². The van der Waals surface area contributed by atoms with E-state index in [4.69, 9.17) is 16.3 Å². The molecular weight excluding hydrogens is 374 g/mol. The number of anilines is 1. The van der Waals surface area contributed by atoms with E-state index < -0.39 is 0 Å². The summed E-state index contributed by atoms with van der Waals surface area (Å²) in [6.45, 7) is 2.34. The van der Waals surface area contributed by atoms with E-state index in [0.717, 1.165) is 35.8 Å². The van der Waals surface area contributed by atoms with Crippen LogP contribution in [0, 0.1) is 17.2 Å². The van der Waals surface area contributed by atoms with Crippen LogP contribution in [0.4, 0.5) is 5.69 Å². The minimum Gasteiger partial charge on any atom is -0.497 e. The standard InChI is InChI=1S/C22H22ClN3O2/c1-28-21-4-2-3-16(12-21)11-18(13-24)22(27)25-14-17-9-10-26(15-17)20-7-5-19(23)6-8-20/h2-8,11-12,17H,9-10,14-15H2,1H3,(H,25,27)/b18-11+. The number of benzene rings is 2. The highest BCUT2D eigenvalue weighted by Gasteiger charge is 2.23. The Labute approximate surface area is 170 Å². The number of nitriles is 1. The van der Waals surface area contributed by atoms with Gasteiger partial charge in [-0.15, -0.1) is 0 Å². The molecule has 5 nitrogen and oxygen atoms in total. The molecule has 0 radical (unpaired) electrons. The normalized spacial score (nSPS) is 16.5. The number of methoxy groups -OCH3 is 1. The summed E-state index contributed by atoms with van der Waals surface area (Å²) in [7, 11) is 1.58. The highest BCUT2D eigenvalue weighted by Crippen LogP contribution is 2.25. The summed E-state index contributed by atoms with van der Waals surface area (Å²) in [4.78, 5) is 14.7. The van der Waals surface area contributed by atoms with Crippen LogP contribution in [0.2, 0.25) is 5.02 Å². The van der Waals surface area contributed by atoms with Gasteiger partial charge in [0, 0.05) is 30.3 Å². The molecule has 1 atom stereocenters. The van der Waals surface area contributed by atoms with E-state index in [1.807, 2.05) is 48.5 Å². The number of nitrogens with zero attached hydrogens (tertiary/aromatic N) is 2. The number of ether oxygens (including phenoxy) is 1. The first-order valence-corrected chi connectivity index (χ1v) is 9.51. The fourth-order valence-corrected chi connectivity index (χ4v) is 3.39. The molecule has 1 aliphatic heterocycles. The minimum atomic E-state index is -0.352. The fraction of sp³-hybridized carbons (Fsp3) is 0.273. The zero-order valence-corrected chi connectivity index (χ0v) is 16.4. The molecule has 2 aromatic rings. The fourth-order valence-electron chi connectivity index (χ4n) is 3.26. The van der Waals surface area contributed by atoms with Crippen LogP contribution in [0.3, 0.4) is 0 Å². The molecule has 0 aromatic heterocycles. The Bertz CT molecular complexity index is 903. The Hall–Kier alpha value is -2.97. The van der Waals surface area contributed by atoms with Crippen molar-refractivity contribution in [1.29, 1.82) is 5.26 Å². The molecule has 1 aliphatic rings. The maximum absolute atomic E-state index is 12.4. The third-order valence-corrected chi connectivity index (χ3v) is 5.05. The smallest absolute Gasteiger partial charge is 0.261 e. The van der Waals surface area contributed by atoms with Crippen LogP contribution in [0.1, 0.15) is 12.0 Å². The molecule has 1 N–H and O–H groups in total. The summed E-state index contributed by atoms with van der Waals surface area (Å²) in [5.74, 6) is 0.673. The lowest BCUT2D eigenvalue weighted by molar-refractivity contribution is -0.117. The van der Waals surface area contributed by atoms with E-state index in [1.165, 1.54) is 0 Å². The SMILES string of the molecule is COc1cccc(/C=C(\C#N)C(=O)NCC2CCN(c3ccc(Cl)cc3)C2)c1. The molecule has 1 unspecified atom stereocenters. The van der Waals surface area contributed by atoms with Gasteiger partial charge in [0.2, 0.25) is 0 Å². The van der Waals surface area contributed by atoms with E-state index in [-0.39, 0.29) is 11.5 Å². The minimum absolute atomic E-state index is 0.0841. The van der Waals surface area contributed by atoms with Gasteiger partial charge in [-0.25, -0.2) is 0 Å². The van der Waals surface area contributed by atoms with Crippen LogP contribution in [0.25, 0.3) is 6.08 Å². The van der Waals surface area contributed by atoms with Crippen molar-refractivity contribution < 1.29 is 9.53 Å². The highest BCUT2D eigenvalue weighted by molar-refractivity contribution is 6.30. The molecule has 28 heavy (non-hydrogen) atoms. The number of hydrogen-bond donors (Lipinski definition) is 1. The molecule has 0 spiro atoms. The van der Waals surface area contributed by atoms with E-state index in [1.54, 1.807) is 19.3 Å². The van der Waals surface area contributed by atoms with Gasteiger partial charge in [0.25, 0.3) is 5.91 Å². The molecular formula is C22H22ClN3O2. The summed E-state index contributed by atoms with van der Waals surface area (Å²) >= 11 is 5.95. The Balaban J connectivity index is 1.56. The molecule has 1 saturated heterocycles. The topological polar surface area (TPSA) is 65.4 Å². The number of hydrogen-bond acceptors (Lipinski definition) is 4. The van der Waals surface area contributed by atoms with Crippen LogP contribution in [-0.4, -0.2) is 32.7 Å². The van der Waals surface area contributed by atoms with Gasteiger partial charge in [0.05, 0.1) is 7.11 Å². The van der Waals surface area contributed by atoms with E-state index in [9.17, 15) is 10.1 Å². The zero-order valence-electron chi connectivity index (χ0n) is 15.7. The van der Waals surface area contributed by atoms with Crippen molar-refractivity contribution >= 4 is 29.3 Å². The van der Waals surface area contributed by atoms with Gasteiger partial charge in [-0.2, -0.15) is 5.26 Å². The summed E-state index contributed by atoms with van der Waals surface area (Å²) in [6.07, 6.45) is 2.57. The molecule has 144 valence electrons. The Morgan fingerprint density at radius 1 is 1.36 bits per heavy atom. The van der Waals surface area contributed by atoms with Gasteiger partial charge in [0.15, 0.2) is 0 Å². The lowest BCUT2D eigenvalue weighted by Gasteiger charge is -2.19. The zero-order chi connectivity index (χ0) is 19.9. The van der Waals surface area contributed by atoms with Crippen LogP contribution in [0.15, 0.2) is 54.1 Å². The number of amides is 1. The summed E-state index contributed by atoms with van der Waals surface area (Å²) in [5.41, 5.74) is 1.97. The van der Waals surface area contributed by atoms with E-state index in [2.05, 4.69) is 10.2 Å². The Morgan fingerprint density at radius 3 is 2.86 bits per heavy atom. The van der Waals surface area contributed by atoms with Gasteiger partial charge in [-0.05, 0) is 60.4 Å². The molecule has 3 rings (SSSR count). The van der Waals surface area contributed by atoms with Gasteiger partial charge >= 0.3 is 0 Å². The van der Waals surface area contributed by atoms with E-state index >= 15 is 0 Å². The lowest BCUT2D eigenvalue weighted by atomic mass is 10.1. The first kappa shape index (κ1) is 19.8. The second kappa shape index (κ2) is 9.29. The quantitative estimate of drug-likeness (QED) is 0.595.